The number of phenols is 1. The summed E-state index contributed by atoms with van der Waals surface area (Å²) in [7, 11) is 0. The molecule has 0 unspecified atom stereocenters. The van der Waals surface area contributed by atoms with Gasteiger partial charge in [0.05, 0.1) is 0 Å². The molecule has 0 fully saturated rings. The molecule has 0 radical (unpaired) electrons. The lowest BCUT2D eigenvalue weighted by atomic mass is 10.2. The Hall–Kier alpha value is -1.09. The first-order chi connectivity index (χ1) is 5.72. The van der Waals surface area contributed by atoms with Crippen LogP contribution in [0.4, 0.5) is 4.39 Å². The molecule has 1 rings (SSSR count). The second kappa shape index (κ2) is 4.07. The first kappa shape index (κ1) is 9.00. The minimum absolute atomic E-state index is 0.0251. The third kappa shape index (κ3) is 2.51. The van der Waals surface area contributed by atoms with Gasteiger partial charge in [0.2, 0.25) is 0 Å². The van der Waals surface area contributed by atoms with Crippen molar-refractivity contribution in [3.63, 3.8) is 0 Å². The molecule has 0 aliphatic heterocycles. The van der Waals surface area contributed by atoms with Gasteiger partial charge in [-0.1, -0.05) is 6.92 Å². The van der Waals surface area contributed by atoms with Gasteiger partial charge in [-0.25, -0.2) is 4.39 Å². The highest BCUT2D eigenvalue weighted by Gasteiger charge is 1.98. The van der Waals surface area contributed by atoms with Crippen molar-refractivity contribution in [1.29, 1.82) is 0 Å². The molecule has 0 amide bonds. The van der Waals surface area contributed by atoms with Crippen LogP contribution >= 0.6 is 0 Å². The molecule has 0 aromatic heterocycles. The molecule has 0 spiro atoms. The van der Waals surface area contributed by atoms with E-state index in [2.05, 4.69) is 5.32 Å². The Morgan fingerprint density at radius 3 is 2.75 bits per heavy atom. The molecule has 1 aromatic carbocycles. The van der Waals surface area contributed by atoms with Crippen molar-refractivity contribution in [3.8, 4) is 5.75 Å². The van der Waals surface area contributed by atoms with Gasteiger partial charge in [-0.15, -0.1) is 0 Å². The van der Waals surface area contributed by atoms with Gasteiger partial charge in [-0.3, -0.25) is 0 Å². The van der Waals surface area contributed by atoms with Gasteiger partial charge in [-0.05, 0) is 24.2 Å². The van der Waals surface area contributed by atoms with E-state index in [1.54, 1.807) is 6.07 Å². The fourth-order valence-corrected chi connectivity index (χ4v) is 1.00. The summed E-state index contributed by atoms with van der Waals surface area (Å²) in [4.78, 5) is 0. The number of nitrogens with one attached hydrogen (secondary N) is 1. The van der Waals surface area contributed by atoms with E-state index in [-0.39, 0.29) is 5.75 Å². The first-order valence-electron chi connectivity index (χ1n) is 3.91. The minimum atomic E-state index is -0.400. The van der Waals surface area contributed by atoms with E-state index in [1.165, 1.54) is 6.07 Å². The van der Waals surface area contributed by atoms with Crippen LogP contribution in [0.1, 0.15) is 12.5 Å². The second-order valence-electron chi connectivity index (χ2n) is 2.60. The highest BCUT2D eigenvalue weighted by Crippen LogP contribution is 2.13. The molecule has 0 bridgehead atoms. The van der Waals surface area contributed by atoms with Gasteiger partial charge in [0.1, 0.15) is 11.6 Å². The standard InChI is InChI=1S/C9H12FNO/c1-2-11-6-7-3-8(10)5-9(12)4-7/h3-5,11-12H,2,6H2,1H3. The summed E-state index contributed by atoms with van der Waals surface area (Å²) in [5, 5.41) is 12.1. The SMILES string of the molecule is CCNCc1cc(O)cc(F)c1. The number of hydrogen-bond donors (Lipinski definition) is 2. The zero-order valence-electron chi connectivity index (χ0n) is 6.97. The van der Waals surface area contributed by atoms with Crippen molar-refractivity contribution < 1.29 is 9.50 Å². The highest BCUT2D eigenvalue weighted by molar-refractivity contribution is 5.28. The van der Waals surface area contributed by atoms with E-state index < -0.39 is 5.82 Å². The average molecular weight is 169 g/mol. The maximum absolute atomic E-state index is 12.7. The largest absolute Gasteiger partial charge is 0.508 e. The quantitative estimate of drug-likeness (QED) is 0.721. The monoisotopic (exact) mass is 169 g/mol. The van der Waals surface area contributed by atoms with Crippen LogP contribution in [0.5, 0.6) is 5.75 Å². The Labute approximate surface area is 71.0 Å². The predicted octanol–water partition coefficient (Wildman–Crippen LogP) is 1.64. The highest BCUT2D eigenvalue weighted by atomic mass is 19.1. The maximum Gasteiger partial charge on any atom is 0.127 e. The third-order valence-corrected chi connectivity index (χ3v) is 1.52. The van der Waals surface area contributed by atoms with Crippen molar-refractivity contribution in [3.05, 3.63) is 29.6 Å². The van der Waals surface area contributed by atoms with Crippen LogP contribution in [0.15, 0.2) is 18.2 Å². The van der Waals surface area contributed by atoms with Gasteiger partial charge < -0.3 is 10.4 Å². The lowest BCUT2D eigenvalue weighted by Crippen LogP contribution is -2.11. The molecule has 0 saturated heterocycles. The fourth-order valence-electron chi connectivity index (χ4n) is 1.00. The Balaban J connectivity index is 2.72. The zero-order chi connectivity index (χ0) is 8.97. The molecule has 0 aliphatic rings. The fraction of sp³-hybridized carbons (Fsp3) is 0.333. The molecule has 0 aliphatic carbocycles. The molecule has 0 atom stereocenters. The Bertz CT molecular complexity index is 242. The molecular weight excluding hydrogens is 157 g/mol. The topological polar surface area (TPSA) is 32.3 Å². The summed E-state index contributed by atoms with van der Waals surface area (Å²) in [6.45, 7) is 3.39. The molecule has 0 saturated carbocycles. The van der Waals surface area contributed by atoms with Crippen LogP contribution in [0.25, 0.3) is 0 Å². The summed E-state index contributed by atoms with van der Waals surface area (Å²) < 4.78 is 12.7. The van der Waals surface area contributed by atoms with Gasteiger partial charge in [0, 0.05) is 12.6 Å². The van der Waals surface area contributed by atoms with E-state index in [0.717, 1.165) is 18.2 Å². The number of phenolic OH excluding ortho intramolecular Hbond substituents is 1. The van der Waals surface area contributed by atoms with Gasteiger partial charge in [0.15, 0.2) is 0 Å². The summed E-state index contributed by atoms with van der Waals surface area (Å²) >= 11 is 0. The predicted molar refractivity (Wildman–Crippen MR) is 45.4 cm³/mol. The lowest BCUT2D eigenvalue weighted by molar-refractivity contribution is 0.467. The molecule has 2 nitrogen and oxygen atoms in total. The van der Waals surface area contributed by atoms with E-state index in [0.29, 0.717) is 6.54 Å². The molecule has 3 heteroatoms. The zero-order valence-corrected chi connectivity index (χ0v) is 6.97. The molecule has 66 valence electrons. The Morgan fingerprint density at radius 2 is 2.17 bits per heavy atom. The molecule has 1 aromatic rings. The van der Waals surface area contributed by atoms with Gasteiger partial charge >= 0.3 is 0 Å². The molecule has 0 heterocycles. The molecular formula is C9H12FNO. The van der Waals surface area contributed by atoms with E-state index in [4.69, 9.17) is 5.11 Å². The smallest absolute Gasteiger partial charge is 0.127 e. The van der Waals surface area contributed by atoms with E-state index in [1.807, 2.05) is 6.92 Å². The first-order valence-corrected chi connectivity index (χ1v) is 3.91. The van der Waals surface area contributed by atoms with E-state index in [9.17, 15) is 4.39 Å². The van der Waals surface area contributed by atoms with Crippen molar-refractivity contribution in [2.75, 3.05) is 6.54 Å². The second-order valence-corrected chi connectivity index (χ2v) is 2.60. The number of hydrogen-bond acceptors (Lipinski definition) is 2. The number of aromatic hydroxyl groups is 1. The van der Waals surface area contributed by atoms with E-state index >= 15 is 0 Å². The number of benzene rings is 1. The van der Waals surface area contributed by atoms with Gasteiger partial charge in [0.25, 0.3) is 0 Å². The number of halogens is 1. The normalized spacial score (nSPS) is 10.2. The summed E-state index contributed by atoms with van der Waals surface area (Å²) in [5.74, 6) is -0.425. The van der Waals surface area contributed by atoms with Crippen molar-refractivity contribution in [1.82, 2.24) is 5.32 Å². The lowest BCUT2D eigenvalue weighted by Gasteiger charge is -2.02. The summed E-state index contributed by atoms with van der Waals surface area (Å²) in [6, 6.07) is 4.05. The van der Waals surface area contributed by atoms with Crippen LogP contribution in [0.3, 0.4) is 0 Å². The van der Waals surface area contributed by atoms with Crippen molar-refractivity contribution in [2.24, 2.45) is 0 Å². The number of rotatable bonds is 3. The minimum Gasteiger partial charge on any atom is -0.508 e. The van der Waals surface area contributed by atoms with Crippen LogP contribution in [-0.4, -0.2) is 11.7 Å². The van der Waals surface area contributed by atoms with Crippen LogP contribution < -0.4 is 5.32 Å². The average Bonchev–Trinajstić information content (AvgIpc) is 1.99. The van der Waals surface area contributed by atoms with Crippen molar-refractivity contribution in [2.45, 2.75) is 13.5 Å². The van der Waals surface area contributed by atoms with Crippen molar-refractivity contribution >= 4 is 0 Å². The third-order valence-electron chi connectivity index (χ3n) is 1.52. The molecule has 12 heavy (non-hydrogen) atoms. The maximum atomic E-state index is 12.7. The van der Waals surface area contributed by atoms with Crippen LogP contribution in [0.2, 0.25) is 0 Å². The summed E-state index contributed by atoms with van der Waals surface area (Å²) in [6.07, 6.45) is 0. The van der Waals surface area contributed by atoms with Crippen LogP contribution in [-0.2, 0) is 6.54 Å². The Morgan fingerprint density at radius 1 is 1.42 bits per heavy atom. The van der Waals surface area contributed by atoms with Crippen LogP contribution in [0, 0.1) is 5.82 Å². The summed E-state index contributed by atoms with van der Waals surface area (Å²) in [5.41, 5.74) is 0.759. The Kier molecular flexibility index (Phi) is 3.05. The molecule has 2 N–H and O–H groups in total. The van der Waals surface area contributed by atoms with Gasteiger partial charge in [-0.2, -0.15) is 0 Å².